The largest absolute Gasteiger partial charge is 0.361 e. The third kappa shape index (κ3) is 4.44. The van der Waals surface area contributed by atoms with Crippen LogP contribution in [0.5, 0.6) is 0 Å². The van der Waals surface area contributed by atoms with Crippen molar-refractivity contribution in [2.24, 2.45) is 0 Å². The molecular formula is C11H21N3O. The first-order chi connectivity index (χ1) is 7.11. The molecule has 1 aromatic heterocycles. The summed E-state index contributed by atoms with van der Waals surface area (Å²) in [6, 6.07) is 2.43. The lowest BCUT2D eigenvalue weighted by molar-refractivity contribution is 0.307. The standard InChI is InChI=1S/C11H21N3O/c1-5-14(4)8-9(2)12-7-11-6-10(3)15-13-11/h6,9,12H,5,7-8H2,1-4H3. The zero-order chi connectivity index (χ0) is 11.3. The SMILES string of the molecule is CCN(C)CC(C)NCc1cc(C)on1. The van der Waals surface area contributed by atoms with Crippen molar-refractivity contribution in [2.45, 2.75) is 33.4 Å². The van der Waals surface area contributed by atoms with Gasteiger partial charge in [-0.15, -0.1) is 0 Å². The third-order valence-electron chi connectivity index (χ3n) is 2.43. The number of likely N-dealkylation sites (N-methyl/N-ethyl adjacent to an activating group) is 1. The second kappa shape index (κ2) is 5.88. The van der Waals surface area contributed by atoms with Crippen molar-refractivity contribution < 1.29 is 4.52 Å². The molecule has 1 N–H and O–H groups in total. The minimum absolute atomic E-state index is 0.465. The molecule has 0 spiro atoms. The Morgan fingerprint density at radius 1 is 1.60 bits per heavy atom. The predicted octanol–water partition coefficient (Wildman–Crippen LogP) is 1.41. The van der Waals surface area contributed by atoms with E-state index in [1.54, 1.807) is 0 Å². The van der Waals surface area contributed by atoms with Gasteiger partial charge in [-0.25, -0.2) is 0 Å². The molecular weight excluding hydrogens is 190 g/mol. The molecule has 0 aliphatic carbocycles. The zero-order valence-corrected chi connectivity index (χ0v) is 10.1. The predicted molar refractivity (Wildman–Crippen MR) is 60.7 cm³/mol. The lowest BCUT2D eigenvalue weighted by Gasteiger charge is -2.20. The van der Waals surface area contributed by atoms with Gasteiger partial charge in [-0.2, -0.15) is 0 Å². The fourth-order valence-corrected chi connectivity index (χ4v) is 1.44. The van der Waals surface area contributed by atoms with Crippen molar-refractivity contribution in [1.82, 2.24) is 15.4 Å². The zero-order valence-electron chi connectivity index (χ0n) is 10.1. The van der Waals surface area contributed by atoms with Gasteiger partial charge in [0.25, 0.3) is 0 Å². The Balaban J connectivity index is 2.25. The van der Waals surface area contributed by atoms with E-state index in [-0.39, 0.29) is 0 Å². The topological polar surface area (TPSA) is 41.3 Å². The summed E-state index contributed by atoms with van der Waals surface area (Å²) in [5.74, 6) is 0.866. The van der Waals surface area contributed by atoms with E-state index in [4.69, 9.17) is 4.52 Å². The first-order valence-corrected chi connectivity index (χ1v) is 5.46. The number of nitrogens with zero attached hydrogens (tertiary/aromatic N) is 2. The maximum atomic E-state index is 5.00. The summed E-state index contributed by atoms with van der Waals surface area (Å²) in [4.78, 5) is 2.28. The molecule has 1 aromatic rings. The van der Waals surface area contributed by atoms with Gasteiger partial charge < -0.3 is 14.7 Å². The van der Waals surface area contributed by atoms with E-state index in [1.165, 1.54) is 0 Å². The molecule has 4 heteroatoms. The Bertz CT molecular complexity index is 285. The molecule has 15 heavy (non-hydrogen) atoms. The quantitative estimate of drug-likeness (QED) is 0.772. The number of hydrogen-bond acceptors (Lipinski definition) is 4. The number of aromatic nitrogens is 1. The molecule has 1 unspecified atom stereocenters. The lowest BCUT2D eigenvalue weighted by atomic mass is 10.3. The Morgan fingerprint density at radius 2 is 2.33 bits per heavy atom. The van der Waals surface area contributed by atoms with Crippen LogP contribution in [0.2, 0.25) is 0 Å². The van der Waals surface area contributed by atoms with Gasteiger partial charge in [-0.3, -0.25) is 0 Å². The molecule has 86 valence electrons. The molecule has 0 saturated heterocycles. The third-order valence-corrected chi connectivity index (χ3v) is 2.43. The maximum Gasteiger partial charge on any atom is 0.133 e. The van der Waals surface area contributed by atoms with E-state index in [1.807, 2.05) is 13.0 Å². The van der Waals surface area contributed by atoms with Crippen LogP contribution in [0.3, 0.4) is 0 Å². The van der Waals surface area contributed by atoms with E-state index in [0.717, 1.165) is 31.1 Å². The highest BCUT2D eigenvalue weighted by atomic mass is 16.5. The first-order valence-electron chi connectivity index (χ1n) is 5.46. The summed E-state index contributed by atoms with van der Waals surface area (Å²) >= 11 is 0. The van der Waals surface area contributed by atoms with E-state index in [0.29, 0.717) is 6.04 Å². The Kier molecular flexibility index (Phi) is 4.78. The second-order valence-corrected chi connectivity index (χ2v) is 4.07. The molecule has 1 rings (SSSR count). The summed E-state index contributed by atoms with van der Waals surface area (Å²) in [6.07, 6.45) is 0. The van der Waals surface area contributed by atoms with Crippen LogP contribution in [0.15, 0.2) is 10.6 Å². The van der Waals surface area contributed by atoms with Gasteiger partial charge in [0.15, 0.2) is 0 Å². The molecule has 0 aromatic carbocycles. The average Bonchev–Trinajstić information content (AvgIpc) is 2.61. The summed E-state index contributed by atoms with van der Waals surface area (Å²) in [5, 5.41) is 7.35. The van der Waals surface area contributed by atoms with Crippen molar-refractivity contribution >= 4 is 0 Å². The van der Waals surface area contributed by atoms with E-state index < -0.39 is 0 Å². The number of aryl methyl sites for hydroxylation is 1. The molecule has 0 saturated carbocycles. The summed E-state index contributed by atoms with van der Waals surface area (Å²) in [5.41, 5.74) is 0.971. The molecule has 1 heterocycles. The number of hydrogen-bond donors (Lipinski definition) is 1. The van der Waals surface area contributed by atoms with Gasteiger partial charge in [-0.05, 0) is 27.4 Å². The van der Waals surface area contributed by atoms with Crippen molar-refractivity contribution in [3.63, 3.8) is 0 Å². The molecule has 4 nitrogen and oxygen atoms in total. The summed E-state index contributed by atoms with van der Waals surface area (Å²) in [6.45, 7) is 9.15. The Morgan fingerprint density at radius 3 is 2.87 bits per heavy atom. The maximum absolute atomic E-state index is 5.00. The molecule has 0 aliphatic rings. The van der Waals surface area contributed by atoms with Crippen LogP contribution in [0.4, 0.5) is 0 Å². The van der Waals surface area contributed by atoms with Gasteiger partial charge in [0.2, 0.25) is 0 Å². The molecule has 1 atom stereocenters. The summed E-state index contributed by atoms with van der Waals surface area (Å²) in [7, 11) is 2.12. The summed E-state index contributed by atoms with van der Waals surface area (Å²) < 4.78 is 5.00. The van der Waals surface area contributed by atoms with Crippen molar-refractivity contribution in [3.05, 3.63) is 17.5 Å². The van der Waals surface area contributed by atoms with Crippen LogP contribution < -0.4 is 5.32 Å². The van der Waals surface area contributed by atoms with Gasteiger partial charge in [0.1, 0.15) is 5.76 Å². The van der Waals surface area contributed by atoms with Crippen LogP contribution in [-0.4, -0.2) is 36.2 Å². The molecule has 0 radical (unpaired) electrons. The molecule has 0 amide bonds. The highest BCUT2D eigenvalue weighted by molar-refractivity contribution is 5.03. The van der Waals surface area contributed by atoms with Crippen LogP contribution >= 0.6 is 0 Å². The van der Waals surface area contributed by atoms with Crippen LogP contribution in [0.1, 0.15) is 25.3 Å². The second-order valence-electron chi connectivity index (χ2n) is 4.07. The number of rotatable bonds is 6. The Hall–Kier alpha value is -0.870. The van der Waals surface area contributed by atoms with Gasteiger partial charge in [0, 0.05) is 25.2 Å². The van der Waals surface area contributed by atoms with Crippen molar-refractivity contribution in [1.29, 1.82) is 0 Å². The van der Waals surface area contributed by atoms with Crippen LogP contribution in [0, 0.1) is 6.92 Å². The molecule has 0 fully saturated rings. The van der Waals surface area contributed by atoms with Crippen molar-refractivity contribution in [2.75, 3.05) is 20.1 Å². The van der Waals surface area contributed by atoms with E-state index in [2.05, 4.69) is 36.3 Å². The van der Waals surface area contributed by atoms with Gasteiger partial charge in [0.05, 0.1) is 5.69 Å². The van der Waals surface area contributed by atoms with Gasteiger partial charge in [-0.1, -0.05) is 12.1 Å². The van der Waals surface area contributed by atoms with E-state index >= 15 is 0 Å². The van der Waals surface area contributed by atoms with E-state index in [9.17, 15) is 0 Å². The molecule has 0 bridgehead atoms. The molecule has 0 aliphatic heterocycles. The average molecular weight is 211 g/mol. The number of nitrogens with one attached hydrogen (secondary N) is 1. The van der Waals surface area contributed by atoms with Crippen molar-refractivity contribution in [3.8, 4) is 0 Å². The highest BCUT2D eigenvalue weighted by Crippen LogP contribution is 2.01. The fraction of sp³-hybridized carbons (Fsp3) is 0.727. The minimum Gasteiger partial charge on any atom is -0.361 e. The van der Waals surface area contributed by atoms with Crippen LogP contribution in [0.25, 0.3) is 0 Å². The minimum atomic E-state index is 0.465. The lowest BCUT2D eigenvalue weighted by Crippen LogP contribution is -2.36. The fourth-order valence-electron chi connectivity index (χ4n) is 1.44. The Labute approximate surface area is 91.6 Å². The smallest absolute Gasteiger partial charge is 0.133 e. The highest BCUT2D eigenvalue weighted by Gasteiger charge is 2.06. The first kappa shape index (κ1) is 12.2. The monoisotopic (exact) mass is 211 g/mol. The van der Waals surface area contributed by atoms with Crippen LogP contribution in [-0.2, 0) is 6.54 Å². The normalized spacial score (nSPS) is 13.4. The van der Waals surface area contributed by atoms with Gasteiger partial charge >= 0.3 is 0 Å².